The molecule has 1 saturated carbocycles. The standard InChI is InChI=1S/C28H39N3O4S/c1-2-20-36(33,34)31-18-16-30(17-19-31)28(23-29-27(32)25-12-7-4-8-13-25)15-9-14-26(21-28)35-22-24-10-5-3-6-11-24/h3-8,10-13,26H,2,9,14-23H2,1H3,(H,29,32). The molecule has 2 unspecified atom stereocenters. The number of hydrogen-bond donors (Lipinski definition) is 1. The maximum absolute atomic E-state index is 12.9. The number of benzene rings is 2. The van der Waals surface area contributed by atoms with E-state index in [1.807, 2.05) is 55.5 Å². The van der Waals surface area contributed by atoms with E-state index in [9.17, 15) is 13.2 Å². The van der Waals surface area contributed by atoms with E-state index in [-0.39, 0.29) is 23.3 Å². The van der Waals surface area contributed by atoms with Gasteiger partial charge < -0.3 is 10.1 Å². The number of piperazine rings is 1. The summed E-state index contributed by atoms with van der Waals surface area (Å²) in [6.45, 7) is 5.30. The molecule has 2 atom stereocenters. The monoisotopic (exact) mass is 513 g/mol. The van der Waals surface area contributed by atoms with Crippen molar-refractivity contribution in [2.45, 2.75) is 57.3 Å². The number of nitrogens with one attached hydrogen (secondary N) is 1. The van der Waals surface area contributed by atoms with Crippen molar-refractivity contribution in [1.29, 1.82) is 0 Å². The third-order valence-corrected chi connectivity index (χ3v) is 9.56. The molecule has 2 aromatic carbocycles. The van der Waals surface area contributed by atoms with Gasteiger partial charge in [-0.05, 0) is 49.8 Å². The average Bonchev–Trinajstić information content (AvgIpc) is 2.92. The van der Waals surface area contributed by atoms with E-state index in [2.05, 4.69) is 22.3 Å². The van der Waals surface area contributed by atoms with Gasteiger partial charge in [0.05, 0.1) is 18.5 Å². The Morgan fingerprint density at radius 3 is 2.36 bits per heavy atom. The van der Waals surface area contributed by atoms with Crippen LogP contribution in [0.2, 0.25) is 0 Å². The molecule has 0 spiro atoms. The van der Waals surface area contributed by atoms with Crippen LogP contribution in [0.15, 0.2) is 60.7 Å². The zero-order valence-electron chi connectivity index (χ0n) is 21.3. The van der Waals surface area contributed by atoms with Crippen LogP contribution in [-0.4, -0.2) is 73.6 Å². The Hall–Kier alpha value is -2.26. The fourth-order valence-electron chi connectivity index (χ4n) is 5.54. The Morgan fingerprint density at radius 2 is 1.69 bits per heavy atom. The highest BCUT2D eigenvalue weighted by atomic mass is 32.2. The number of carbonyl (C=O) groups excluding carboxylic acids is 1. The van der Waals surface area contributed by atoms with Crippen LogP contribution in [0.1, 0.15) is 54.9 Å². The van der Waals surface area contributed by atoms with Crippen LogP contribution in [0.5, 0.6) is 0 Å². The van der Waals surface area contributed by atoms with Crippen molar-refractivity contribution in [2.75, 3.05) is 38.5 Å². The number of carbonyl (C=O) groups is 1. The average molecular weight is 514 g/mol. The maximum atomic E-state index is 12.9. The molecule has 1 heterocycles. The zero-order chi connectivity index (χ0) is 25.4. The first-order valence-electron chi connectivity index (χ1n) is 13.1. The second-order valence-corrected chi connectivity index (χ2v) is 12.1. The second-order valence-electron chi connectivity index (χ2n) is 9.99. The lowest BCUT2D eigenvalue weighted by molar-refractivity contribution is -0.0562. The predicted octanol–water partition coefficient (Wildman–Crippen LogP) is 3.67. The van der Waals surface area contributed by atoms with Crippen LogP contribution in [0, 0.1) is 0 Å². The van der Waals surface area contributed by atoms with E-state index < -0.39 is 10.0 Å². The zero-order valence-corrected chi connectivity index (χ0v) is 22.1. The predicted molar refractivity (Wildman–Crippen MR) is 142 cm³/mol. The summed E-state index contributed by atoms with van der Waals surface area (Å²) in [5, 5.41) is 3.19. The first-order chi connectivity index (χ1) is 17.4. The van der Waals surface area contributed by atoms with Gasteiger partial charge in [-0.15, -0.1) is 0 Å². The molecule has 1 aliphatic heterocycles. The number of ether oxygens (including phenoxy) is 1. The van der Waals surface area contributed by atoms with Crippen molar-refractivity contribution in [3.63, 3.8) is 0 Å². The molecule has 2 aromatic rings. The quantitative estimate of drug-likeness (QED) is 0.525. The molecule has 1 saturated heterocycles. The van der Waals surface area contributed by atoms with Crippen molar-refractivity contribution in [3.8, 4) is 0 Å². The van der Waals surface area contributed by atoms with Gasteiger partial charge in [0, 0.05) is 43.8 Å². The largest absolute Gasteiger partial charge is 0.373 e. The molecule has 1 aliphatic carbocycles. The van der Waals surface area contributed by atoms with Crippen molar-refractivity contribution in [3.05, 3.63) is 71.8 Å². The highest BCUT2D eigenvalue weighted by molar-refractivity contribution is 7.89. The van der Waals surface area contributed by atoms with Crippen LogP contribution in [-0.2, 0) is 21.4 Å². The number of rotatable bonds is 10. The summed E-state index contributed by atoms with van der Waals surface area (Å²) in [7, 11) is -3.21. The van der Waals surface area contributed by atoms with E-state index in [0.717, 1.165) is 31.2 Å². The van der Waals surface area contributed by atoms with E-state index in [1.165, 1.54) is 0 Å². The minimum absolute atomic E-state index is 0.0774. The van der Waals surface area contributed by atoms with Gasteiger partial charge in [-0.3, -0.25) is 9.69 Å². The molecule has 1 amide bonds. The van der Waals surface area contributed by atoms with Crippen molar-refractivity contribution in [2.24, 2.45) is 0 Å². The van der Waals surface area contributed by atoms with Crippen LogP contribution in [0.4, 0.5) is 0 Å². The lowest BCUT2D eigenvalue weighted by Gasteiger charge is -2.51. The number of amides is 1. The summed E-state index contributed by atoms with van der Waals surface area (Å²) in [5.41, 5.74) is 1.54. The fourth-order valence-corrected chi connectivity index (χ4v) is 7.03. The topological polar surface area (TPSA) is 79.0 Å². The first kappa shape index (κ1) is 26.8. The van der Waals surface area contributed by atoms with Gasteiger partial charge in [-0.1, -0.05) is 55.5 Å². The molecule has 0 radical (unpaired) electrons. The molecule has 8 heteroatoms. The van der Waals surface area contributed by atoms with E-state index in [0.29, 0.717) is 51.3 Å². The van der Waals surface area contributed by atoms with Gasteiger partial charge in [0.2, 0.25) is 10.0 Å². The Bertz CT molecular complexity index is 1070. The van der Waals surface area contributed by atoms with Gasteiger partial charge >= 0.3 is 0 Å². The Morgan fingerprint density at radius 1 is 1.03 bits per heavy atom. The lowest BCUT2D eigenvalue weighted by atomic mass is 9.78. The molecule has 7 nitrogen and oxygen atoms in total. The smallest absolute Gasteiger partial charge is 0.251 e. The molecule has 0 aromatic heterocycles. The number of nitrogens with zero attached hydrogens (tertiary/aromatic N) is 2. The molecular weight excluding hydrogens is 474 g/mol. The van der Waals surface area contributed by atoms with Gasteiger partial charge in [-0.25, -0.2) is 8.42 Å². The first-order valence-corrected chi connectivity index (χ1v) is 14.7. The van der Waals surface area contributed by atoms with Crippen LogP contribution < -0.4 is 5.32 Å². The van der Waals surface area contributed by atoms with Gasteiger partial charge in [0.1, 0.15) is 0 Å². The SMILES string of the molecule is CCCS(=O)(=O)N1CCN(C2(CNC(=O)c3ccccc3)CCCC(OCc3ccccc3)C2)CC1. The number of sulfonamides is 1. The minimum Gasteiger partial charge on any atom is -0.373 e. The molecule has 36 heavy (non-hydrogen) atoms. The van der Waals surface area contributed by atoms with Gasteiger partial charge in [0.25, 0.3) is 5.91 Å². The summed E-state index contributed by atoms with van der Waals surface area (Å²) in [6, 6.07) is 19.5. The lowest BCUT2D eigenvalue weighted by Crippen LogP contribution is -2.63. The van der Waals surface area contributed by atoms with Crippen molar-refractivity contribution >= 4 is 15.9 Å². The molecule has 0 bridgehead atoms. The summed E-state index contributed by atoms with van der Waals surface area (Å²) in [5.74, 6) is 0.118. The molecular formula is C28H39N3O4S. The fraction of sp³-hybridized carbons (Fsp3) is 0.536. The van der Waals surface area contributed by atoms with Crippen LogP contribution in [0.25, 0.3) is 0 Å². The summed E-state index contributed by atoms with van der Waals surface area (Å²) >= 11 is 0. The summed E-state index contributed by atoms with van der Waals surface area (Å²) in [6.07, 6.45) is 4.49. The van der Waals surface area contributed by atoms with Crippen LogP contribution in [0.3, 0.4) is 0 Å². The third kappa shape index (κ3) is 6.73. The highest BCUT2D eigenvalue weighted by Crippen LogP contribution is 2.36. The molecule has 196 valence electrons. The van der Waals surface area contributed by atoms with E-state index in [4.69, 9.17) is 4.74 Å². The third-order valence-electron chi connectivity index (χ3n) is 7.48. The molecule has 1 N–H and O–H groups in total. The normalized spacial score (nSPS) is 23.9. The number of hydrogen-bond acceptors (Lipinski definition) is 5. The maximum Gasteiger partial charge on any atom is 0.251 e. The minimum atomic E-state index is -3.21. The molecule has 2 aliphatic rings. The summed E-state index contributed by atoms with van der Waals surface area (Å²) < 4.78 is 33.2. The second kappa shape index (κ2) is 12.3. The highest BCUT2D eigenvalue weighted by Gasteiger charge is 2.43. The van der Waals surface area contributed by atoms with Crippen molar-refractivity contribution < 1.29 is 17.9 Å². The van der Waals surface area contributed by atoms with E-state index in [1.54, 1.807) is 4.31 Å². The van der Waals surface area contributed by atoms with E-state index >= 15 is 0 Å². The Kier molecular flexibility index (Phi) is 9.17. The summed E-state index contributed by atoms with van der Waals surface area (Å²) in [4.78, 5) is 15.3. The van der Waals surface area contributed by atoms with Crippen molar-refractivity contribution in [1.82, 2.24) is 14.5 Å². The van der Waals surface area contributed by atoms with Gasteiger partial charge in [-0.2, -0.15) is 4.31 Å². The molecule has 2 fully saturated rings. The van der Waals surface area contributed by atoms with Crippen LogP contribution >= 0.6 is 0 Å². The Balaban J connectivity index is 1.46. The Labute approximate surface area is 215 Å². The molecule has 4 rings (SSSR count). The van der Waals surface area contributed by atoms with Gasteiger partial charge in [0.15, 0.2) is 0 Å².